The van der Waals surface area contributed by atoms with Crippen molar-refractivity contribution in [2.45, 2.75) is 48.6 Å². The predicted octanol–water partition coefficient (Wildman–Crippen LogP) is 3.09. The lowest BCUT2D eigenvalue weighted by Gasteiger charge is -2.25. The molecule has 1 saturated carbocycles. The van der Waals surface area contributed by atoms with E-state index in [1.807, 2.05) is 30.3 Å². The van der Waals surface area contributed by atoms with E-state index in [1.54, 1.807) is 0 Å². The first-order valence-corrected chi connectivity index (χ1v) is 8.58. The highest BCUT2D eigenvalue weighted by molar-refractivity contribution is 8.00. The van der Waals surface area contributed by atoms with Crippen molar-refractivity contribution in [2.75, 3.05) is 0 Å². The Hall–Kier alpha value is -1.82. The molecule has 1 aromatic heterocycles. The number of benzene rings is 1. The Balaban J connectivity index is 1.73. The van der Waals surface area contributed by atoms with E-state index in [9.17, 15) is 4.79 Å². The normalized spacial score (nSPS) is 17.1. The van der Waals surface area contributed by atoms with Gasteiger partial charge in [0.1, 0.15) is 11.6 Å². The third-order valence-corrected chi connectivity index (χ3v) is 5.06. The van der Waals surface area contributed by atoms with Crippen LogP contribution in [-0.2, 0) is 4.79 Å². The van der Waals surface area contributed by atoms with E-state index in [2.05, 4.69) is 20.5 Å². The van der Waals surface area contributed by atoms with Gasteiger partial charge in [-0.25, -0.2) is 4.98 Å². The van der Waals surface area contributed by atoms with Crippen LogP contribution in [0.2, 0.25) is 0 Å². The molecule has 1 fully saturated rings. The highest BCUT2D eigenvalue weighted by atomic mass is 32.2. The van der Waals surface area contributed by atoms with Crippen LogP contribution in [0.5, 0.6) is 0 Å². The second-order valence-electron chi connectivity index (χ2n) is 5.54. The largest absolute Gasteiger partial charge is 0.352 e. The Kier molecular flexibility index (Phi) is 5.11. The molecule has 0 aliphatic heterocycles. The van der Waals surface area contributed by atoms with Crippen LogP contribution in [0.25, 0.3) is 0 Å². The molecule has 2 aromatic rings. The zero-order valence-corrected chi connectivity index (χ0v) is 13.2. The Morgan fingerprint density at radius 3 is 2.68 bits per heavy atom. The lowest BCUT2D eigenvalue weighted by Crippen LogP contribution is -2.38. The quantitative estimate of drug-likeness (QED) is 0.832. The second kappa shape index (κ2) is 7.45. The van der Waals surface area contributed by atoms with Crippen molar-refractivity contribution < 1.29 is 4.79 Å². The molecule has 1 aromatic carbocycles. The maximum Gasteiger partial charge on any atom is 0.238 e. The summed E-state index contributed by atoms with van der Waals surface area (Å²) in [5.41, 5.74) is 0.984. The highest BCUT2D eigenvalue weighted by Gasteiger charge is 2.26. The molecule has 6 heteroatoms. The Bertz CT molecular complexity index is 581. The molecule has 1 atom stereocenters. The van der Waals surface area contributed by atoms with Gasteiger partial charge >= 0.3 is 0 Å². The summed E-state index contributed by atoms with van der Waals surface area (Å²) >= 11 is 1.40. The van der Waals surface area contributed by atoms with Gasteiger partial charge in [0.15, 0.2) is 5.16 Å². The summed E-state index contributed by atoms with van der Waals surface area (Å²) in [6.07, 6.45) is 7.32. The molecule has 0 bridgehead atoms. The Morgan fingerprint density at radius 1 is 1.23 bits per heavy atom. The maximum absolute atomic E-state index is 12.7. The Morgan fingerprint density at radius 2 is 2.00 bits per heavy atom. The molecule has 1 heterocycles. The molecule has 22 heavy (non-hydrogen) atoms. The number of hydrogen-bond acceptors (Lipinski definition) is 4. The summed E-state index contributed by atoms with van der Waals surface area (Å²) in [5, 5.41) is 10.2. The van der Waals surface area contributed by atoms with Gasteiger partial charge in [-0.2, -0.15) is 5.10 Å². The van der Waals surface area contributed by atoms with Gasteiger partial charge in [0.05, 0.1) is 0 Å². The zero-order chi connectivity index (χ0) is 15.2. The number of nitrogens with zero attached hydrogens (tertiary/aromatic N) is 2. The van der Waals surface area contributed by atoms with Gasteiger partial charge in [-0.3, -0.25) is 9.89 Å². The van der Waals surface area contributed by atoms with E-state index in [0.29, 0.717) is 11.2 Å². The first kappa shape index (κ1) is 15.1. The molecule has 5 nitrogen and oxygen atoms in total. The van der Waals surface area contributed by atoms with E-state index in [1.165, 1.54) is 37.4 Å². The maximum atomic E-state index is 12.7. The van der Waals surface area contributed by atoms with E-state index in [-0.39, 0.29) is 11.2 Å². The van der Waals surface area contributed by atoms with Gasteiger partial charge in [0.25, 0.3) is 0 Å². The molecule has 3 rings (SSSR count). The van der Waals surface area contributed by atoms with Crippen LogP contribution in [0.15, 0.2) is 41.8 Å². The average Bonchev–Trinajstić information content (AvgIpc) is 3.07. The van der Waals surface area contributed by atoms with Crippen molar-refractivity contribution in [2.24, 2.45) is 0 Å². The third kappa shape index (κ3) is 3.88. The number of hydrogen-bond donors (Lipinski definition) is 2. The van der Waals surface area contributed by atoms with E-state index >= 15 is 0 Å². The zero-order valence-electron chi connectivity index (χ0n) is 12.4. The van der Waals surface area contributed by atoms with Crippen molar-refractivity contribution in [3.63, 3.8) is 0 Å². The molecular formula is C16H20N4OS. The summed E-state index contributed by atoms with van der Waals surface area (Å²) in [4.78, 5) is 16.9. The summed E-state index contributed by atoms with van der Waals surface area (Å²) in [7, 11) is 0. The fourth-order valence-electron chi connectivity index (χ4n) is 2.79. The molecule has 0 unspecified atom stereocenters. The van der Waals surface area contributed by atoms with Crippen LogP contribution in [0.4, 0.5) is 0 Å². The monoisotopic (exact) mass is 316 g/mol. The van der Waals surface area contributed by atoms with Crippen molar-refractivity contribution in [3.8, 4) is 0 Å². The van der Waals surface area contributed by atoms with Crippen molar-refractivity contribution in [3.05, 3.63) is 42.2 Å². The Labute approximate surface area is 134 Å². The fraction of sp³-hybridized carbons (Fsp3) is 0.438. The summed E-state index contributed by atoms with van der Waals surface area (Å²) in [5.74, 6) is 0.0551. The first-order chi connectivity index (χ1) is 10.8. The topological polar surface area (TPSA) is 70.7 Å². The number of aromatic nitrogens is 3. The number of H-pyrrole nitrogens is 1. The fourth-order valence-corrected chi connectivity index (χ4v) is 3.69. The number of aromatic amines is 1. The van der Waals surface area contributed by atoms with Crippen LogP contribution in [-0.4, -0.2) is 27.1 Å². The number of carbonyl (C=O) groups excluding carboxylic acids is 1. The number of rotatable bonds is 5. The van der Waals surface area contributed by atoms with E-state index < -0.39 is 0 Å². The van der Waals surface area contributed by atoms with Crippen molar-refractivity contribution in [1.82, 2.24) is 20.5 Å². The van der Waals surface area contributed by atoms with Gasteiger partial charge in [0, 0.05) is 6.04 Å². The molecule has 1 aliphatic rings. The SMILES string of the molecule is O=C(NC1CCCCC1)[C@H](Sc1ncn[nH]1)c1ccccc1. The van der Waals surface area contributed by atoms with Gasteiger partial charge in [0.2, 0.25) is 5.91 Å². The van der Waals surface area contributed by atoms with E-state index in [0.717, 1.165) is 18.4 Å². The highest BCUT2D eigenvalue weighted by Crippen LogP contribution is 2.33. The van der Waals surface area contributed by atoms with Crippen molar-refractivity contribution in [1.29, 1.82) is 0 Å². The van der Waals surface area contributed by atoms with Crippen LogP contribution in [0, 0.1) is 0 Å². The van der Waals surface area contributed by atoms with Gasteiger partial charge < -0.3 is 5.32 Å². The number of amides is 1. The average molecular weight is 316 g/mol. The summed E-state index contributed by atoms with van der Waals surface area (Å²) in [6, 6.07) is 10.1. The van der Waals surface area contributed by atoms with Gasteiger partial charge in [-0.1, -0.05) is 61.4 Å². The molecule has 0 spiro atoms. The first-order valence-electron chi connectivity index (χ1n) is 7.70. The van der Waals surface area contributed by atoms with Crippen LogP contribution >= 0.6 is 11.8 Å². The molecule has 2 N–H and O–H groups in total. The van der Waals surface area contributed by atoms with E-state index in [4.69, 9.17) is 0 Å². The van der Waals surface area contributed by atoms with Crippen molar-refractivity contribution >= 4 is 17.7 Å². The standard InChI is InChI=1S/C16H20N4OS/c21-15(19-13-9-5-2-6-10-13)14(12-7-3-1-4-8-12)22-16-17-11-18-20-16/h1,3-4,7-8,11,13-14H,2,5-6,9-10H2,(H,19,21)(H,17,18,20)/t14-/m1/s1. The predicted molar refractivity (Wildman–Crippen MR) is 86.4 cm³/mol. The molecular weight excluding hydrogens is 296 g/mol. The number of thioether (sulfide) groups is 1. The minimum atomic E-state index is -0.309. The second-order valence-corrected chi connectivity index (χ2v) is 6.64. The van der Waals surface area contributed by atoms with Gasteiger partial charge in [-0.05, 0) is 18.4 Å². The molecule has 1 amide bonds. The smallest absolute Gasteiger partial charge is 0.238 e. The minimum absolute atomic E-state index is 0.0551. The lowest BCUT2D eigenvalue weighted by molar-refractivity contribution is -0.121. The molecule has 116 valence electrons. The number of carbonyl (C=O) groups is 1. The molecule has 0 radical (unpaired) electrons. The van der Waals surface area contributed by atoms with Crippen LogP contribution in [0.1, 0.15) is 42.9 Å². The number of nitrogens with one attached hydrogen (secondary N) is 2. The third-order valence-electron chi connectivity index (χ3n) is 3.91. The summed E-state index contributed by atoms with van der Waals surface area (Å²) in [6.45, 7) is 0. The molecule has 0 saturated heterocycles. The summed E-state index contributed by atoms with van der Waals surface area (Å²) < 4.78 is 0. The molecule has 1 aliphatic carbocycles. The lowest BCUT2D eigenvalue weighted by atomic mass is 9.95. The van der Waals surface area contributed by atoms with Crippen LogP contribution < -0.4 is 5.32 Å². The minimum Gasteiger partial charge on any atom is -0.352 e. The van der Waals surface area contributed by atoms with Crippen LogP contribution in [0.3, 0.4) is 0 Å². The van der Waals surface area contributed by atoms with Gasteiger partial charge in [-0.15, -0.1) is 0 Å².